The first-order chi connectivity index (χ1) is 9.24. The fourth-order valence-electron chi connectivity index (χ4n) is 1.84. The summed E-state index contributed by atoms with van der Waals surface area (Å²) in [4.78, 5) is 13.4. The van der Waals surface area contributed by atoms with E-state index in [4.69, 9.17) is 0 Å². The average Bonchev–Trinajstić information content (AvgIpc) is 2.45. The number of aromatic nitrogens is 3. The van der Waals surface area contributed by atoms with Crippen molar-refractivity contribution in [2.75, 3.05) is 11.9 Å². The van der Waals surface area contributed by atoms with E-state index in [9.17, 15) is 0 Å². The summed E-state index contributed by atoms with van der Waals surface area (Å²) in [6.07, 6.45) is 5.59. The van der Waals surface area contributed by atoms with Gasteiger partial charge in [-0.3, -0.25) is 4.98 Å². The normalized spacial score (nSPS) is 10.5. The van der Waals surface area contributed by atoms with Gasteiger partial charge in [-0.2, -0.15) is 0 Å². The molecule has 0 aromatic carbocycles. The van der Waals surface area contributed by atoms with E-state index >= 15 is 0 Å². The first-order valence-corrected chi connectivity index (χ1v) is 6.77. The van der Waals surface area contributed by atoms with Gasteiger partial charge in [-0.1, -0.05) is 13.8 Å². The van der Waals surface area contributed by atoms with E-state index in [-0.39, 0.29) is 0 Å². The summed E-state index contributed by atoms with van der Waals surface area (Å²) in [6.45, 7) is 7.22. The molecule has 4 nitrogen and oxygen atoms in total. The molecular formula is C15H20N4. The molecule has 0 saturated carbocycles. The maximum absolute atomic E-state index is 4.60. The smallest absolute Gasteiger partial charge is 0.163 e. The molecule has 0 fully saturated rings. The monoisotopic (exact) mass is 256 g/mol. The number of nitrogens with zero attached hydrogens (tertiary/aromatic N) is 3. The predicted octanol–water partition coefficient (Wildman–Crippen LogP) is 3.23. The van der Waals surface area contributed by atoms with Gasteiger partial charge in [0.05, 0.1) is 0 Å². The molecule has 0 atom stereocenters. The Labute approximate surface area is 114 Å². The van der Waals surface area contributed by atoms with Crippen LogP contribution in [0, 0.1) is 6.92 Å². The Morgan fingerprint density at radius 2 is 2.05 bits per heavy atom. The van der Waals surface area contributed by atoms with Crippen LogP contribution in [0.2, 0.25) is 0 Å². The molecule has 0 amide bonds. The van der Waals surface area contributed by atoms with Gasteiger partial charge in [0.2, 0.25) is 0 Å². The van der Waals surface area contributed by atoms with Gasteiger partial charge in [0.15, 0.2) is 5.82 Å². The Bertz CT molecular complexity index is 552. The van der Waals surface area contributed by atoms with Crippen molar-refractivity contribution in [2.24, 2.45) is 0 Å². The maximum atomic E-state index is 4.60. The van der Waals surface area contributed by atoms with Crippen LogP contribution in [0.3, 0.4) is 0 Å². The molecular weight excluding hydrogens is 236 g/mol. The van der Waals surface area contributed by atoms with E-state index in [1.165, 1.54) is 0 Å². The SMILES string of the molecule is CCCNc1cc(CC)nc(-c2cnccc2C)n1. The summed E-state index contributed by atoms with van der Waals surface area (Å²) >= 11 is 0. The molecule has 2 aromatic heterocycles. The van der Waals surface area contributed by atoms with Crippen LogP contribution in [0.4, 0.5) is 5.82 Å². The van der Waals surface area contributed by atoms with Crippen molar-refractivity contribution in [2.45, 2.75) is 33.6 Å². The summed E-state index contributed by atoms with van der Waals surface area (Å²) in [5.74, 6) is 1.65. The molecule has 2 rings (SSSR count). The molecule has 100 valence electrons. The highest BCUT2D eigenvalue weighted by molar-refractivity contribution is 5.60. The standard InChI is InChI=1S/C15H20N4/c1-4-7-17-14-9-12(5-2)18-15(19-14)13-10-16-8-6-11(13)3/h6,8-10H,4-5,7H2,1-3H3,(H,17,18,19). The zero-order valence-electron chi connectivity index (χ0n) is 11.8. The molecule has 0 aliphatic heterocycles. The van der Waals surface area contributed by atoms with Crippen LogP contribution in [0.15, 0.2) is 24.5 Å². The fraction of sp³-hybridized carbons (Fsp3) is 0.400. The lowest BCUT2D eigenvalue weighted by Crippen LogP contribution is -2.05. The van der Waals surface area contributed by atoms with Crippen molar-refractivity contribution in [1.29, 1.82) is 0 Å². The van der Waals surface area contributed by atoms with E-state index in [1.54, 1.807) is 6.20 Å². The third-order valence-electron chi connectivity index (χ3n) is 2.98. The van der Waals surface area contributed by atoms with Crippen molar-refractivity contribution in [3.8, 4) is 11.4 Å². The van der Waals surface area contributed by atoms with Crippen molar-refractivity contribution in [3.05, 3.63) is 35.8 Å². The third-order valence-corrected chi connectivity index (χ3v) is 2.98. The van der Waals surface area contributed by atoms with Crippen LogP contribution in [-0.2, 0) is 6.42 Å². The highest BCUT2D eigenvalue weighted by Crippen LogP contribution is 2.20. The van der Waals surface area contributed by atoms with Crippen LogP contribution in [0.5, 0.6) is 0 Å². The van der Waals surface area contributed by atoms with Crippen LogP contribution >= 0.6 is 0 Å². The second kappa shape index (κ2) is 6.27. The number of hydrogen-bond donors (Lipinski definition) is 1. The summed E-state index contributed by atoms with van der Waals surface area (Å²) in [5, 5.41) is 3.33. The van der Waals surface area contributed by atoms with E-state index in [0.29, 0.717) is 0 Å². The highest BCUT2D eigenvalue weighted by atomic mass is 15.0. The molecule has 1 N–H and O–H groups in total. The van der Waals surface area contributed by atoms with Crippen LogP contribution < -0.4 is 5.32 Å². The van der Waals surface area contributed by atoms with Gasteiger partial charge >= 0.3 is 0 Å². The number of pyridine rings is 1. The van der Waals surface area contributed by atoms with Gasteiger partial charge in [0.1, 0.15) is 5.82 Å². The molecule has 0 aliphatic carbocycles. The lowest BCUT2D eigenvalue weighted by atomic mass is 10.1. The zero-order chi connectivity index (χ0) is 13.7. The van der Waals surface area contributed by atoms with Crippen molar-refractivity contribution < 1.29 is 0 Å². The minimum atomic E-state index is 0.753. The number of hydrogen-bond acceptors (Lipinski definition) is 4. The van der Waals surface area contributed by atoms with Crippen LogP contribution in [0.25, 0.3) is 11.4 Å². The molecule has 0 spiro atoms. The van der Waals surface area contributed by atoms with E-state index in [1.807, 2.05) is 18.3 Å². The Kier molecular flexibility index (Phi) is 4.44. The average molecular weight is 256 g/mol. The van der Waals surface area contributed by atoms with E-state index < -0.39 is 0 Å². The summed E-state index contributed by atoms with van der Waals surface area (Å²) < 4.78 is 0. The molecule has 2 aromatic rings. The van der Waals surface area contributed by atoms with Crippen molar-refractivity contribution >= 4 is 5.82 Å². The number of rotatable bonds is 5. The van der Waals surface area contributed by atoms with Gasteiger partial charge in [0.25, 0.3) is 0 Å². The molecule has 0 radical (unpaired) electrons. The Hall–Kier alpha value is -1.97. The first kappa shape index (κ1) is 13.5. The Morgan fingerprint density at radius 1 is 1.21 bits per heavy atom. The molecule has 0 aliphatic rings. The Morgan fingerprint density at radius 3 is 2.74 bits per heavy atom. The van der Waals surface area contributed by atoms with Crippen LogP contribution in [-0.4, -0.2) is 21.5 Å². The minimum absolute atomic E-state index is 0.753. The van der Waals surface area contributed by atoms with Crippen molar-refractivity contribution in [3.63, 3.8) is 0 Å². The lowest BCUT2D eigenvalue weighted by Gasteiger charge is -2.10. The summed E-state index contributed by atoms with van der Waals surface area (Å²) in [6, 6.07) is 4.00. The molecule has 4 heteroatoms. The molecule has 0 saturated heterocycles. The second-order valence-corrected chi connectivity index (χ2v) is 4.54. The largest absolute Gasteiger partial charge is 0.370 e. The van der Waals surface area contributed by atoms with Gasteiger partial charge in [-0.15, -0.1) is 0 Å². The lowest BCUT2D eigenvalue weighted by molar-refractivity contribution is 0.950. The maximum Gasteiger partial charge on any atom is 0.163 e. The van der Waals surface area contributed by atoms with Gasteiger partial charge in [-0.25, -0.2) is 9.97 Å². The second-order valence-electron chi connectivity index (χ2n) is 4.54. The van der Waals surface area contributed by atoms with E-state index in [0.717, 1.165) is 47.8 Å². The Balaban J connectivity index is 2.42. The number of nitrogens with one attached hydrogen (secondary N) is 1. The van der Waals surface area contributed by atoms with Crippen molar-refractivity contribution in [1.82, 2.24) is 15.0 Å². The number of aryl methyl sites for hydroxylation is 2. The molecule has 19 heavy (non-hydrogen) atoms. The van der Waals surface area contributed by atoms with Crippen LogP contribution in [0.1, 0.15) is 31.5 Å². The van der Waals surface area contributed by atoms with Gasteiger partial charge < -0.3 is 5.32 Å². The topological polar surface area (TPSA) is 50.7 Å². The quantitative estimate of drug-likeness (QED) is 0.892. The predicted molar refractivity (Wildman–Crippen MR) is 78.2 cm³/mol. The van der Waals surface area contributed by atoms with E-state index in [2.05, 4.69) is 41.0 Å². The minimum Gasteiger partial charge on any atom is -0.370 e. The molecule has 2 heterocycles. The fourth-order valence-corrected chi connectivity index (χ4v) is 1.84. The summed E-state index contributed by atoms with van der Waals surface area (Å²) in [5.41, 5.74) is 3.19. The number of anilines is 1. The molecule has 0 unspecified atom stereocenters. The molecule has 0 bridgehead atoms. The van der Waals surface area contributed by atoms with Gasteiger partial charge in [-0.05, 0) is 31.4 Å². The highest BCUT2D eigenvalue weighted by Gasteiger charge is 2.08. The summed E-state index contributed by atoms with van der Waals surface area (Å²) in [7, 11) is 0. The first-order valence-electron chi connectivity index (χ1n) is 6.77. The third kappa shape index (κ3) is 3.28. The zero-order valence-corrected chi connectivity index (χ0v) is 11.8. The van der Waals surface area contributed by atoms with Gasteiger partial charge in [0, 0.05) is 36.3 Å².